The number of nitrogens with one attached hydrogen (secondary N) is 1. The van der Waals surface area contributed by atoms with Crippen LogP contribution in [0.25, 0.3) is 0 Å². The molecule has 0 unspecified atom stereocenters. The lowest BCUT2D eigenvalue weighted by Crippen LogP contribution is -2.31. The summed E-state index contributed by atoms with van der Waals surface area (Å²) < 4.78 is 7.93. The van der Waals surface area contributed by atoms with Crippen molar-refractivity contribution in [2.45, 2.75) is 6.10 Å². The fraction of sp³-hybridized carbons (Fsp3) is 0.267. The number of carbonyl (C=O) groups is 1. The molecular weight excluding hydrogens is 380 g/mol. The Labute approximate surface area is 146 Å². The molecule has 1 aliphatic rings. The van der Waals surface area contributed by atoms with Gasteiger partial charge >= 0.3 is 0 Å². The van der Waals surface area contributed by atoms with E-state index in [-0.39, 0.29) is 5.91 Å². The van der Waals surface area contributed by atoms with Gasteiger partial charge in [-0.1, -0.05) is 12.1 Å². The molecule has 1 saturated heterocycles. The molecule has 1 N–H and O–H groups in total. The number of aryl methyl sites for hydroxylation is 1. The lowest BCUT2D eigenvalue weighted by molar-refractivity contribution is 0.0945. The molecule has 120 valence electrons. The van der Waals surface area contributed by atoms with Crippen LogP contribution < -0.4 is 10.2 Å². The molecule has 3 rings (SSSR count). The second-order valence-corrected chi connectivity index (χ2v) is 6.94. The van der Waals surface area contributed by atoms with Gasteiger partial charge in [0.25, 0.3) is 5.91 Å². The van der Waals surface area contributed by atoms with Crippen molar-refractivity contribution in [2.24, 2.45) is 12.1 Å². The van der Waals surface area contributed by atoms with Gasteiger partial charge in [-0.25, -0.2) is 5.43 Å². The summed E-state index contributed by atoms with van der Waals surface area (Å²) in [4.78, 5) is 12.1. The van der Waals surface area contributed by atoms with Gasteiger partial charge in [0, 0.05) is 18.6 Å². The van der Waals surface area contributed by atoms with E-state index < -0.39 is 0 Å². The van der Waals surface area contributed by atoms with E-state index in [1.807, 2.05) is 36.0 Å². The fourth-order valence-corrected chi connectivity index (χ4v) is 3.12. The van der Waals surface area contributed by atoms with Crippen LogP contribution in [0.3, 0.4) is 0 Å². The maximum Gasteiger partial charge on any atom is 0.290 e. The van der Waals surface area contributed by atoms with E-state index in [0.29, 0.717) is 16.3 Å². The number of hydrogen-bond donors (Lipinski definition) is 1. The predicted molar refractivity (Wildman–Crippen MR) is 94.2 cm³/mol. The van der Waals surface area contributed by atoms with Crippen molar-refractivity contribution < 1.29 is 9.53 Å². The SMILES string of the molecule is Cn1ncc(Br)c1C(=O)NN=Cc1cccc(OC2CSC2)c1. The smallest absolute Gasteiger partial charge is 0.290 e. The summed E-state index contributed by atoms with van der Waals surface area (Å²) in [6.45, 7) is 0. The van der Waals surface area contributed by atoms with E-state index in [0.717, 1.165) is 22.8 Å². The molecule has 0 aliphatic carbocycles. The number of amides is 1. The number of hydrogen-bond acceptors (Lipinski definition) is 5. The number of carbonyl (C=O) groups excluding carboxylic acids is 1. The second-order valence-electron chi connectivity index (χ2n) is 5.01. The lowest BCUT2D eigenvalue weighted by Gasteiger charge is -2.25. The summed E-state index contributed by atoms with van der Waals surface area (Å²) in [5.41, 5.74) is 3.77. The Morgan fingerprint density at radius 1 is 1.57 bits per heavy atom. The molecule has 0 bridgehead atoms. The van der Waals surface area contributed by atoms with Crippen molar-refractivity contribution in [1.29, 1.82) is 0 Å². The summed E-state index contributed by atoms with van der Waals surface area (Å²) in [6.07, 6.45) is 3.46. The van der Waals surface area contributed by atoms with Gasteiger partial charge in [0.1, 0.15) is 17.5 Å². The maximum atomic E-state index is 12.1. The van der Waals surface area contributed by atoms with Gasteiger partial charge in [0.05, 0.1) is 16.9 Å². The van der Waals surface area contributed by atoms with Crippen LogP contribution in [0.15, 0.2) is 40.0 Å². The van der Waals surface area contributed by atoms with Crippen LogP contribution in [0.1, 0.15) is 16.1 Å². The lowest BCUT2D eigenvalue weighted by atomic mass is 10.2. The summed E-state index contributed by atoms with van der Waals surface area (Å²) in [5, 5.41) is 7.98. The first-order valence-electron chi connectivity index (χ1n) is 6.99. The first kappa shape index (κ1) is 16.1. The number of hydrazone groups is 1. The summed E-state index contributed by atoms with van der Waals surface area (Å²) >= 11 is 5.16. The number of benzene rings is 1. The molecule has 23 heavy (non-hydrogen) atoms. The average molecular weight is 395 g/mol. The number of thioether (sulfide) groups is 1. The Balaban J connectivity index is 1.61. The van der Waals surface area contributed by atoms with Gasteiger partial charge in [0.15, 0.2) is 0 Å². The van der Waals surface area contributed by atoms with Crippen molar-refractivity contribution in [1.82, 2.24) is 15.2 Å². The summed E-state index contributed by atoms with van der Waals surface area (Å²) in [5.74, 6) is 2.56. The molecule has 1 fully saturated rings. The van der Waals surface area contributed by atoms with Gasteiger partial charge in [-0.05, 0) is 33.6 Å². The molecular formula is C15H15BrN4O2S. The van der Waals surface area contributed by atoms with Crippen LogP contribution in [0.2, 0.25) is 0 Å². The summed E-state index contributed by atoms with van der Waals surface area (Å²) in [6, 6.07) is 7.63. The minimum absolute atomic E-state index is 0.300. The Morgan fingerprint density at radius 2 is 2.39 bits per heavy atom. The van der Waals surface area contributed by atoms with Crippen molar-refractivity contribution >= 4 is 39.8 Å². The molecule has 0 saturated carbocycles. The highest BCUT2D eigenvalue weighted by atomic mass is 79.9. The van der Waals surface area contributed by atoms with E-state index in [4.69, 9.17) is 4.74 Å². The molecule has 1 aliphatic heterocycles. The zero-order valence-corrected chi connectivity index (χ0v) is 14.8. The number of halogens is 1. The van der Waals surface area contributed by atoms with Crippen molar-refractivity contribution in [3.63, 3.8) is 0 Å². The van der Waals surface area contributed by atoms with Gasteiger partial charge < -0.3 is 4.74 Å². The maximum absolute atomic E-state index is 12.1. The Bertz CT molecular complexity index is 723. The Kier molecular flexibility index (Phi) is 5.02. The highest BCUT2D eigenvalue weighted by Crippen LogP contribution is 2.24. The minimum atomic E-state index is -0.327. The van der Waals surface area contributed by atoms with E-state index in [1.54, 1.807) is 19.5 Å². The van der Waals surface area contributed by atoms with E-state index in [1.165, 1.54) is 4.68 Å². The van der Waals surface area contributed by atoms with E-state index >= 15 is 0 Å². The highest BCUT2D eigenvalue weighted by molar-refractivity contribution is 9.10. The molecule has 8 heteroatoms. The van der Waals surface area contributed by atoms with Gasteiger partial charge in [0.2, 0.25) is 0 Å². The quantitative estimate of drug-likeness (QED) is 0.624. The zero-order chi connectivity index (χ0) is 16.2. The third kappa shape index (κ3) is 3.94. The van der Waals surface area contributed by atoms with Crippen LogP contribution in [0.5, 0.6) is 5.75 Å². The van der Waals surface area contributed by atoms with Crippen molar-refractivity contribution in [2.75, 3.05) is 11.5 Å². The number of rotatable bonds is 5. The fourth-order valence-electron chi connectivity index (χ4n) is 2.03. The molecule has 2 aromatic rings. The van der Waals surface area contributed by atoms with E-state index in [2.05, 4.69) is 31.6 Å². The highest BCUT2D eigenvalue weighted by Gasteiger charge is 2.19. The number of ether oxygens (including phenoxy) is 1. The van der Waals surface area contributed by atoms with Crippen molar-refractivity contribution in [3.05, 3.63) is 46.2 Å². The monoisotopic (exact) mass is 394 g/mol. The molecule has 0 radical (unpaired) electrons. The standard InChI is InChI=1S/C15H15BrN4O2S/c1-20-14(13(16)7-18-20)15(21)19-17-6-10-3-2-4-11(5-10)22-12-8-23-9-12/h2-7,12H,8-9H2,1H3,(H,19,21). The first-order valence-corrected chi connectivity index (χ1v) is 8.93. The second kappa shape index (κ2) is 7.18. The topological polar surface area (TPSA) is 68.5 Å². The van der Waals surface area contributed by atoms with Crippen LogP contribution in [0.4, 0.5) is 0 Å². The molecule has 2 heterocycles. The van der Waals surface area contributed by atoms with Crippen LogP contribution >= 0.6 is 27.7 Å². The largest absolute Gasteiger partial charge is 0.489 e. The third-order valence-corrected chi connectivity index (χ3v) is 5.05. The predicted octanol–water partition coefficient (Wildman–Crippen LogP) is 2.44. The van der Waals surface area contributed by atoms with Gasteiger partial charge in [-0.15, -0.1) is 0 Å². The van der Waals surface area contributed by atoms with Crippen LogP contribution in [-0.4, -0.2) is 39.5 Å². The Hall–Kier alpha value is -1.80. The van der Waals surface area contributed by atoms with Gasteiger partial charge in [-0.2, -0.15) is 22.0 Å². The third-order valence-electron chi connectivity index (χ3n) is 3.26. The number of nitrogens with zero attached hydrogens (tertiary/aromatic N) is 3. The molecule has 1 aromatic carbocycles. The molecule has 0 atom stereocenters. The molecule has 6 nitrogen and oxygen atoms in total. The minimum Gasteiger partial charge on any atom is -0.489 e. The van der Waals surface area contributed by atoms with Crippen molar-refractivity contribution in [3.8, 4) is 5.75 Å². The zero-order valence-electron chi connectivity index (χ0n) is 12.4. The van der Waals surface area contributed by atoms with E-state index in [9.17, 15) is 4.79 Å². The average Bonchev–Trinajstić information content (AvgIpc) is 2.82. The van der Waals surface area contributed by atoms with Crippen LogP contribution in [0, 0.1) is 0 Å². The molecule has 0 spiro atoms. The van der Waals surface area contributed by atoms with Gasteiger partial charge in [-0.3, -0.25) is 9.48 Å². The normalized spacial score (nSPS) is 14.7. The Morgan fingerprint density at radius 3 is 3.04 bits per heavy atom. The molecule has 1 amide bonds. The molecule has 1 aromatic heterocycles. The first-order chi connectivity index (χ1) is 11.1. The van der Waals surface area contributed by atoms with Crippen LogP contribution in [-0.2, 0) is 7.05 Å². The summed E-state index contributed by atoms with van der Waals surface area (Å²) in [7, 11) is 1.70. The number of aromatic nitrogens is 2.